The Hall–Kier alpha value is -1.30. The van der Waals surface area contributed by atoms with Crippen LogP contribution in [0.5, 0.6) is 11.5 Å². The Morgan fingerprint density at radius 3 is 2.45 bits per heavy atom. The Morgan fingerprint density at radius 2 is 1.95 bits per heavy atom. The molecule has 2 atom stereocenters. The Labute approximate surface area is 119 Å². The zero-order valence-electron chi connectivity index (χ0n) is 12.2. The van der Waals surface area contributed by atoms with Crippen molar-refractivity contribution < 1.29 is 24.1 Å². The average Bonchev–Trinajstić information content (AvgIpc) is 2.78. The molecule has 0 saturated carbocycles. The van der Waals surface area contributed by atoms with E-state index in [1.165, 1.54) is 0 Å². The van der Waals surface area contributed by atoms with Crippen LogP contribution in [0.4, 0.5) is 0 Å². The molecule has 0 amide bonds. The molecule has 1 heterocycles. The van der Waals surface area contributed by atoms with Gasteiger partial charge in [0, 0.05) is 6.42 Å². The van der Waals surface area contributed by atoms with Gasteiger partial charge in [-0.15, -0.1) is 0 Å². The van der Waals surface area contributed by atoms with Gasteiger partial charge >= 0.3 is 0 Å². The first-order chi connectivity index (χ1) is 9.52. The lowest BCUT2D eigenvalue weighted by atomic mass is 10.1. The van der Waals surface area contributed by atoms with Crippen LogP contribution in [0, 0.1) is 0 Å². The minimum Gasteiger partial charge on any atom is -0.497 e. The smallest absolute Gasteiger partial charge is 0.163 e. The largest absolute Gasteiger partial charge is 0.497 e. The fourth-order valence-electron chi connectivity index (χ4n) is 2.18. The van der Waals surface area contributed by atoms with Crippen molar-refractivity contribution in [2.75, 3.05) is 20.3 Å². The molecule has 2 rings (SSSR count). The van der Waals surface area contributed by atoms with Crippen molar-refractivity contribution in [3.8, 4) is 11.5 Å². The quantitative estimate of drug-likeness (QED) is 0.864. The van der Waals surface area contributed by atoms with Crippen molar-refractivity contribution >= 4 is 0 Å². The predicted molar refractivity (Wildman–Crippen MR) is 74.0 cm³/mol. The summed E-state index contributed by atoms with van der Waals surface area (Å²) in [6.07, 6.45) is 0.220. The summed E-state index contributed by atoms with van der Waals surface area (Å²) in [6, 6.07) is 7.28. The molecule has 1 saturated heterocycles. The van der Waals surface area contributed by atoms with Crippen molar-refractivity contribution in [3.05, 3.63) is 24.3 Å². The van der Waals surface area contributed by atoms with Crippen LogP contribution in [-0.2, 0) is 9.47 Å². The predicted octanol–water partition coefficient (Wildman–Crippen LogP) is 1.98. The van der Waals surface area contributed by atoms with Crippen molar-refractivity contribution in [2.45, 2.75) is 38.3 Å². The highest BCUT2D eigenvalue weighted by molar-refractivity contribution is 5.31. The highest BCUT2D eigenvalue weighted by Gasteiger charge is 2.34. The average molecular weight is 282 g/mol. The molecule has 0 spiro atoms. The van der Waals surface area contributed by atoms with E-state index < -0.39 is 5.79 Å². The standard InChI is InChI=1S/C15H22O5/c1-15(2)18-10-14(20-15)8-13(9-16)19-12-6-4-11(17-3)5-7-12/h4-7,13-14,16H,8-10H2,1-3H3. The summed E-state index contributed by atoms with van der Waals surface area (Å²) in [6.45, 7) is 4.22. The first-order valence-electron chi connectivity index (χ1n) is 6.76. The minimum atomic E-state index is -0.551. The zero-order chi connectivity index (χ0) is 14.6. The molecule has 5 nitrogen and oxygen atoms in total. The molecule has 1 N–H and O–H groups in total. The summed E-state index contributed by atoms with van der Waals surface area (Å²) in [4.78, 5) is 0. The van der Waals surface area contributed by atoms with E-state index in [9.17, 15) is 5.11 Å². The van der Waals surface area contributed by atoms with E-state index in [1.807, 2.05) is 38.1 Å². The van der Waals surface area contributed by atoms with Gasteiger partial charge in [-0.05, 0) is 38.1 Å². The summed E-state index contributed by atoms with van der Waals surface area (Å²) in [5.41, 5.74) is 0. The molecule has 112 valence electrons. The second-order valence-electron chi connectivity index (χ2n) is 5.28. The fourth-order valence-corrected chi connectivity index (χ4v) is 2.18. The van der Waals surface area contributed by atoms with Gasteiger partial charge in [0.15, 0.2) is 5.79 Å². The molecule has 0 aromatic heterocycles. The highest BCUT2D eigenvalue weighted by Crippen LogP contribution is 2.26. The number of rotatable bonds is 6. The second-order valence-corrected chi connectivity index (χ2v) is 5.28. The third-order valence-corrected chi connectivity index (χ3v) is 3.16. The van der Waals surface area contributed by atoms with Gasteiger partial charge < -0.3 is 24.1 Å². The topological polar surface area (TPSA) is 57.2 Å². The maximum atomic E-state index is 9.43. The lowest BCUT2D eigenvalue weighted by molar-refractivity contribution is -0.141. The summed E-state index contributed by atoms with van der Waals surface area (Å²) in [5.74, 6) is 0.917. The number of hydrogen-bond acceptors (Lipinski definition) is 5. The molecule has 1 fully saturated rings. The molecule has 1 aliphatic heterocycles. The normalized spacial score (nSPS) is 22.5. The molecule has 0 radical (unpaired) electrons. The van der Waals surface area contributed by atoms with Gasteiger partial charge in [0.2, 0.25) is 0 Å². The maximum absolute atomic E-state index is 9.43. The molecular weight excluding hydrogens is 260 g/mol. The van der Waals surface area contributed by atoms with Crippen LogP contribution in [0.25, 0.3) is 0 Å². The van der Waals surface area contributed by atoms with Crippen molar-refractivity contribution in [3.63, 3.8) is 0 Å². The van der Waals surface area contributed by atoms with Crippen molar-refractivity contribution in [2.24, 2.45) is 0 Å². The Morgan fingerprint density at radius 1 is 1.30 bits per heavy atom. The number of methoxy groups -OCH3 is 1. The third kappa shape index (κ3) is 4.10. The van der Waals surface area contributed by atoms with E-state index in [-0.39, 0.29) is 18.8 Å². The fraction of sp³-hybridized carbons (Fsp3) is 0.600. The van der Waals surface area contributed by atoms with Gasteiger partial charge in [0.1, 0.15) is 17.6 Å². The SMILES string of the molecule is COc1ccc(OC(CO)CC2COC(C)(C)O2)cc1. The Kier molecular flexibility index (Phi) is 4.86. The van der Waals surface area contributed by atoms with Crippen LogP contribution in [0.3, 0.4) is 0 Å². The van der Waals surface area contributed by atoms with Crippen LogP contribution in [0.1, 0.15) is 20.3 Å². The summed E-state index contributed by atoms with van der Waals surface area (Å²) in [7, 11) is 1.62. The molecule has 2 unspecified atom stereocenters. The van der Waals surface area contributed by atoms with Gasteiger partial charge in [-0.25, -0.2) is 0 Å². The van der Waals surface area contributed by atoms with Crippen LogP contribution >= 0.6 is 0 Å². The first-order valence-corrected chi connectivity index (χ1v) is 6.76. The second kappa shape index (κ2) is 6.43. The van der Waals surface area contributed by atoms with E-state index in [2.05, 4.69) is 0 Å². The van der Waals surface area contributed by atoms with Gasteiger partial charge in [0.05, 0.1) is 26.4 Å². The van der Waals surface area contributed by atoms with Crippen molar-refractivity contribution in [1.29, 1.82) is 0 Å². The Bertz CT molecular complexity index is 415. The van der Waals surface area contributed by atoms with Crippen LogP contribution in [0.2, 0.25) is 0 Å². The Balaban J connectivity index is 1.88. The number of ether oxygens (including phenoxy) is 4. The van der Waals surface area contributed by atoms with Crippen LogP contribution < -0.4 is 9.47 Å². The van der Waals surface area contributed by atoms with Gasteiger partial charge in [-0.1, -0.05) is 0 Å². The van der Waals surface area contributed by atoms with Gasteiger partial charge in [-0.3, -0.25) is 0 Å². The highest BCUT2D eigenvalue weighted by atomic mass is 16.7. The van der Waals surface area contributed by atoms with Crippen molar-refractivity contribution in [1.82, 2.24) is 0 Å². The van der Waals surface area contributed by atoms with E-state index in [1.54, 1.807) is 7.11 Å². The zero-order valence-corrected chi connectivity index (χ0v) is 12.2. The number of aliphatic hydroxyl groups excluding tert-OH is 1. The molecule has 5 heteroatoms. The number of aliphatic hydroxyl groups is 1. The summed E-state index contributed by atoms with van der Waals surface area (Å²) in [5, 5.41) is 9.43. The number of hydrogen-bond donors (Lipinski definition) is 1. The lowest BCUT2D eigenvalue weighted by Crippen LogP contribution is -2.29. The maximum Gasteiger partial charge on any atom is 0.163 e. The molecule has 0 aliphatic carbocycles. The monoisotopic (exact) mass is 282 g/mol. The van der Waals surface area contributed by atoms with E-state index in [0.29, 0.717) is 18.8 Å². The van der Waals surface area contributed by atoms with E-state index in [0.717, 1.165) is 5.75 Å². The molecule has 1 aromatic carbocycles. The first kappa shape index (κ1) is 15.1. The van der Waals surface area contributed by atoms with Crippen LogP contribution in [0.15, 0.2) is 24.3 Å². The summed E-state index contributed by atoms with van der Waals surface area (Å²) < 4.78 is 22.1. The molecule has 1 aliphatic rings. The molecular formula is C15H22O5. The molecule has 1 aromatic rings. The minimum absolute atomic E-state index is 0.0552. The third-order valence-electron chi connectivity index (χ3n) is 3.16. The van der Waals surface area contributed by atoms with E-state index in [4.69, 9.17) is 18.9 Å². The van der Waals surface area contributed by atoms with E-state index >= 15 is 0 Å². The molecule has 0 bridgehead atoms. The van der Waals surface area contributed by atoms with Crippen LogP contribution in [-0.4, -0.2) is 43.4 Å². The number of benzene rings is 1. The van der Waals surface area contributed by atoms with Gasteiger partial charge in [-0.2, -0.15) is 0 Å². The molecule has 20 heavy (non-hydrogen) atoms. The van der Waals surface area contributed by atoms with Gasteiger partial charge in [0.25, 0.3) is 0 Å². The lowest BCUT2D eigenvalue weighted by Gasteiger charge is -2.21. The summed E-state index contributed by atoms with van der Waals surface area (Å²) >= 11 is 0.